The van der Waals surface area contributed by atoms with Crippen molar-refractivity contribution in [2.45, 2.75) is 37.8 Å². The number of para-hydroxylation sites is 1. The van der Waals surface area contributed by atoms with E-state index in [1.165, 1.54) is 5.56 Å². The molecule has 1 fully saturated rings. The Bertz CT molecular complexity index is 480. The van der Waals surface area contributed by atoms with Crippen molar-refractivity contribution in [3.8, 4) is 0 Å². The van der Waals surface area contributed by atoms with Gasteiger partial charge >= 0.3 is 0 Å². The lowest BCUT2D eigenvalue weighted by Gasteiger charge is -2.29. The summed E-state index contributed by atoms with van der Waals surface area (Å²) in [6.07, 6.45) is 2.87. The Balaban J connectivity index is 1.74. The molecule has 4 nitrogen and oxygen atoms in total. The minimum absolute atomic E-state index is 0.0402. The van der Waals surface area contributed by atoms with Gasteiger partial charge in [-0.05, 0) is 44.4 Å². The van der Waals surface area contributed by atoms with Crippen LogP contribution >= 0.6 is 0 Å². The van der Waals surface area contributed by atoms with E-state index in [1.807, 2.05) is 18.2 Å². The van der Waals surface area contributed by atoms with E-state index in [4.69, 9.17) is 0 Å². The summed E-state index contributed by atoms with van der Waals surface area (Å²) in [6.45, 7) is 4.15. The van der Waals surface area contributed by atoms with Gasteiger partial charge in [0.2, 0.25) is 5.91 Å². The fraction of sp³-hybridized carbons (Fsp3) is 0.533. The van der Waals surface area contributed by atoms with Crippen LogP contribution in [-0.2, 0) is 11.2 Å². The summed E-state index contributed by atoms with van der Waals surface area (Å²) >= 11 is 0. The van der Waals surface area contributed by atoms with Crippen LogP contribution in [0, 0.1) is 0 Å². The second-order valence-electron chi connectivity index (χ2n) is 5.87. The van der Waals surface area contributed by atoms with Crippen LogP contribution in [0.1, 0.15) is 25.3 Å². The van der Waals surface area contributed by atoms with Crippen LogP contribution in [0.4, 0.5) is 5.69 Å². The number of rotatable bonds is 2. The molecule has 2 aliphatic heterocycles. The Morgan fingerprint density at radius 1 is 1.37 bits per heavy atom. The Labute approximate surface area is 114 Å². The highest BCUT2D eigenvalue weighted by Gasteiger charge is 2.34. The molecule has 3 N–H and O–H groups in total. The van der Waals surface area contributed by atoms with Crippen LogP contribution in [0.2, 0.25) is 0 Å². The molecule has 1 amide bonds. The van der Waals surface area contributed by atoms with E-state index < -0.39 is 0 Å². The zero-order valence-corrected chi connectivity index (χ0v) is 11.3. The average Bonchev–Trinajstić information content (AvgIpc) is 2.76. The Morgan fingerprint density at radius 2 is 2.21 bits per heavy atom. The molecule has 0 bridgehead atoms. The smallest absolute Gasteiger partial charge is 0.241 e. The Morgan fingerprint density at radius 3 is 3.00 bits per heavy atom. The summed E-state index contributed by atoms with van der Waals surface area (Å²) in [7, 11) is 0. The zero-order valence-electron chi connectivity index (χ0n) is 11.3. The first-order valence-electron chi connectivity index (χ1n) is 7.03. The zero-order chi connectivity index (χ0) is 13.3. The molecule has 4 heteroatoms. The van der Waals surface area contributed by atoms with E-state index >= 15 is 0 Å². The van der Waals surface area contributed by atoms with Gasteiger partial charge in [-0.3, -0.25) is 10.1 Å². The van der Waals surface area contributed by atoms with E-state index in [9.17, 15) is 4.79 Å². The van der Waals surface area contributed by atoms with Gasteiger partial charge in [0.15, 0.2) is 0 Å². The first kappa shape index (κ1) is 12.6. The third-order valence-corrected chi connectivity index (χ3v) is 4.19. The van der Waals surface area contributed by atoms with Crippen LogP contribution in [0.25, 0.3) is 0 Å². The predicted molar refractivity (Wildman–Crippen MR) is 76.2 cm³/mol. The van der Waals surface area contributed by atoms with Gasteiger partial charge in [-0.1, -0.05) is 18.2 Å². The number of aryl methyl sites for hydroxylation is 1. The lowest BCUT2D eigenvalue weighted by Crippen LogP contribution is -2.53. The second-order valence-corrected chi connectivity index (χ2v) is 5.87. The minimum atomic E-state index is -0.0997. The van der Waals surface area contributed by atoms with Gasteiger partial charge in [0, 0.05) is 17.8 Å². The molecule has 0 aromatic heterocycles. The predicted octanol–water partition coefficient (Wildman–Crippen LogP) is 1.28. The number of carbonyl (C=O) groups excluding carboxylic acids is 1. The van der Waals surface area contributed by atoms with Crippen molar-refractivity contribution < 1.29 is 4.79 Å². The van der Waals surface area contributed by atoms with Gasteiger partial charge in [0.25, 0.3) is 0 Å². The fourth-order valence-corrected chi connectivity index (χ4v) is 3.01. The fourth-order valence-electron chi connectivity index (χ4n) is 3.01. The number of carbonyl (C=O) groups is 1. The van der Waals surface area contributed by atoms with E-state index in [2.05, 4.69) is 28.9 Å². The van der Waals surface area contributed by atoms with Gasteiger partial charge in [-0.15, -0.1) is 0 Å². The normalized spacial score (nSPS) is 30.6. The number of hydrogen-bond acceptors (Lipinski definition) is 3. The van der Waals surface area contributed by atoms with Crippen molar-refractivity contribution in [2.24, 2.45) is 0 Å². The molecule has 0 spiro atoms. The molecule has 19 heavy (non-hydrogen) atoms. The maximum Gasteiger partial charge on any atom is 0.241 e. The molecule has 2 aliphatic rings. The average molecular weight is 259 g/mol. The number of hydrogen-bond donors (Lipinski definition) is 3. The Kier molecular flexibility index (Phi) is 3.29. The van der Waals surface area contributed by atoms with Gasteiger partial charge in [0.1, 0.15) is 0 Å². The molecule has 1 aromatic carbocycles. The molecule has 0 aliphatic carbocycles. The van der Waals surface area contributed by atoms with Gasteiger partial charge in [0.05, 0.1) is 6.04 Å². The third-order valence-electron chi connectivity index (χ3n) is 4.19. The number of fused-ring (bicyclic) bond motifs is 1. The topological polar surface area (TPSA) is 53.2 Å². The highest BCUT2D eigenvalue weighted by Crippen LogP contribution is 2.23. The van der Waals surface area contributed by atoms with E-state index in [-0.39, 0.29) is 17.5 Å². The molecule has 1 aromatic rings. The van der Waals surface area contributed by atoms with Crippen molar-refractivity contribution >= 4 is 11.6 Å². The van der Waals surface area contributed by atoms with Crippen molar-refractivity contribution in [1.82, 2.24) is 10.6 Å². The first-order chi connectivity index (χ1) is 9.16. The quantitative estimate of drug-likeness (QED) is 0.750. The van der Waals surface area contributed by atoms with E-state index in [0.717, 1.165) is 38.0 Å². The second kappa shape index (κ2) is 4.94. The highest BCUT2D eigenvalue weighted by molar-refractivity contribution is 5.96. The molecule has 0 radical (unpaired) electrons. The van der Waals surface area contributed by atoms with E-state index in [0.29, 0.717) is 0 Å². The number of nitrogens with one attached hydrogen (secondary N) is 3. The maximum absolute atomic E-state index is 12.3. The minimum Gasteiger partial charge on any atom is -0.324 e. The van der Waals surface area contributed by atoms with Crippen LogP contribution in [-0.4, -0.2) is 30.6 Å². The largest absolute Gasteiger partial charge is 0.324 e. The molecule has 2 atom stereocenters. The number of amides is 1. The molecule has 2 unspecified atom stereocenters. The summed E-state index contributed by atoms with van der Waals surface area (Å²) in [6, 6.07) is 7.97. The molecular formula is C15H21N3O. The van der Waals surface area contributed by atoms with Crippen LogP contribution in [0.15, 0.2) is 24.3 Å². The summed E-state index contributed by atoms with van der Waals surface area (Å²) < 4.78 is 0. The standard InChI is InChI=1S/C15H21N3O/c1-15(8-9-16-10-15)18-13-7-6-11-4-2-3-5-12(11)17-14(13)19/h2-5,13,16,18H,6-10H2,1H3,(H,17,19). The molecule has 1 saturated heterocycles. The van der Waals surface area contributed by atoms with Crippen molar-refractivity contribution in [2.75, 3.05) is 18.4 Å². The molecule has 2 heterocycles. The summed E-state index contributed by atoms with van der Waals surface area (Å²) in [4.78, 5) is 12.3. The Hall–Kier alpha value is -1.39. The lowest BCUT2D eigenvalue weighted by atomic mass is 9.98. The summed E-state index contributed by atoms with van der Waals surface area (Å²) in [5.41, 5.74) is 2.24. The van der Waals surface area contributed by atoms with Crippen molar-refractivity contribution in [3.05, 3.63) is 29.8 Å². The maximum atomic E-state index is 12.3. The van der Waals surface area contributed by atoms with Gasteiger partial charge in [-0.2, -0.15) is 0 Å². The SMILES string of the molecule is CC1(NC2CCc3ccccc3NC2=O)CCNC1. The molecule has 0 saturated carbocycles. The van der Waals surface area contributed by atoms with Gasteiger partial charge < -0.3 is 10.6 Å². The molecule has 3 rings (SSSR count). The summed E-state index contributed by atoms with van der Waals surface area (Å²) in [5.74, 6) is 0.0954. The van der Waals surface area contributed by atoms with E-state index in [1.54, 1.807) is 0 Å². The number of anilines is 1. The lowest BCUT2D eigenvalue weighted by molar-refractivity contribution is -0.118. The van der Waals surface area contributed by atoms with Gasteiger partial charge in [-0.25, -0.2) is 0 Å². The monoisotopic (exact) mass is 259 g/mol. The summed E-state index contributed by atoms with van der Waals surface area (Å²) in [5, 5.41) is 9.94. The van der Waals surface area contributed by atoms with Crippen molar-refractivity contribution in [1.29, 1.82) is 0 Å². The highest BCUT2D eigenvalue weighted by atomic mass is 16.2. The van der Waals surface area contributed by atoms with Crippen molar-refractivity contribution in [3.63, 3.8) is 0 Å². The first-order valence-corrected chi connectivity index (χ1v) is 7.03. The molecule has 102 valence electrons. The van der Waals surface area contributed by atoms with Crippen LogP contribution in [0.3, 0.4) is 0 Å². The van der Waals surface area contributed by atoms with Crippen LogP contribution in [0.5, 0.6) is 0 Å². The number of benzene rings is 1. The van der Waals surface area contributed by atoms with Crippen LogP contribution < -0.4 is 16.0 Å². The molecular weight excluding hydrogens is 238 g/mol. The third kappa shape index (κ3) is 2.65.